The highest BCUT2D eigenvalue weighted by atomic mass is 16.3. The van der Waals surface area contributed by atoms with Gasteiger partial charge in [0.1, 0.15) is 5.76 Å². The molecule has 0 atom stereocenters. The van der Waals surface area contributed by atoms with E-state index in [1.807, 2.05) is 17.0 Å². The van der Waals surface area contributed by atoms with E-state index in [9.17, 15) is 4.79 Å². The highest BCUT2D eigenvalue weighted by Crippen LogP contribution is 2.23. The predicted octanol–water partition coefficient (Wildman–Crippen LogP) is 3.75. The zero-order valence-electron chi connectivity index (χ0n) is 15.1. The van der Waals surface area contributed by atoms with Crippen molar-refractivity contribution in [3.8, 4) is 0 Å². The second-order valence-corrected chi connectivity index (χ2v) is 6.43. The van der Waals surface area contributed by atoms with E-state index < -0.39 is 0 Å². The maximum Gasteiger partial charge on any atom is 0.321 e. The van der Waals surface area contributed by atoms with E-state index in [4.69, 9.17) is 4.42 Å². The number of nitrogens with zero attached hydrogens (tertiary/aromatic N) is 2. The summed E-state index contributed by atoms with van der Waals surface area (Å²) in [6.07, 6.45) is 3.54. The van der Waals surface area contributed by atoms with Crippen LogP contribution in [0.3, 0.4) is 0 Å². The van der Waals surface area contributed by atoms with Crippen LogP contribution in [0, 0.1) is 0 Å². The van der Waals surface area contributed by atoms with E-state index in [-0.39, 0.29) is 6.03 Å². The molecule has 0 radical (unpaired) electrons. The summed E-state index contributed by atoms with van der Waals surface area (Å²) in [5.41, 5.74) is 3.39. The summed E-state index contributed by atoms with van der Waals surface area (Å²) in [5.74, 6) is 0.974. The Morgan fingerprint density at radius 1 is 1.04 bits per heavy atom. The van der Waals surface area contributed by atoms with E-state index in [1.165, 1.54) is 11.1 Å². The summed E-state index contributed by atoms with van der Waals surface area (Å²) in [6, 6.07) is 10.2. The molecule has 2 aromatic rings. The van der Waals surface area contributed by atoms with Crippen molar-refractivity contribution in [1.82, 2.24) is 9.80 Å². The lowest BCUT2D eigenvalue weighted by Gasteiger charge is -2.34. The second kappa shape index (κ2) is 8.21. The number of rotatable bonds is 5. The lowest BCUT2D eigenvalue weighted by Crippen LogP contribution is -2.49. The Hall–Kier alpha value is -2.27. The molecule has 0 unspecified atom stereocenters. The highest BCUT2D eigenvalue weighted by Gasteiger charge is 2.22. The lowest BCUT2D eigenvalue weighted by atomic mass is 10.0. The minimum absolute atomic E-state index is 0.00764. The number of para-hydroxylation sites is 1. The van der Waals surface area contributed by atoms with Crippen molar-refractivity contribution < 1.29 is 9.21 Å². The zero-order chi connectivity index (χ0) is 17.6. The van der Waals surface area contributed by atoms with Gasteiger partial charge in [0.2, 0.25) is 0 Å². The minimum Gasteiger partial charge on any atom is -0.468 e. The molecule has 5 nitrogen and oxygen atoms in total. The first-order valence-corrected chi connectivity index (χ1v) is 9.12. The standard InChI is InChI=1S/C20H27N3O2/c1-3-16-7-5-8-17(4-2)19(16)21-20(24)23-12-10-22(11-13-23)15-18-9-6-14-25-18/h5-9,14H,3-4,10-13,15H2,1-2H3,(H,21,24). The first-order chi connectivity index (χ1) is 12.2. The van der Waals surface area contributed by atoms with Crippen molar-refractivity contribution in [2.45, 2.75) is 33.2 Å². The van der Waals surface area contributed by atoms with Crippen LogP contribution >= 0.6 is 0 Å². The first kappa shape index (κ1) is 17.5. The smallest absolute Gasteiger partial charge is 0.321 e. The number of carbonyl (C=O) groups excluding carboxylic acids is 1. The van der Waals surface area contributed by atoms with Gasteiger partial charge in [-0.05, 0) is 36.1 Å². The number of anilines is 1. The van der Waals surface area contributed by atoms with Gasteiger partial charge in [0.25, 0.3) is 0 Å². The minimum atomic E-state index is 0.00764. The molecule has 1 fully saturated rings. The molecule has 2 heterocycles. The molecule has 0 bridgehead atoms. The molecule has 0 aliphatic carbocycles. The summed E-state index contributed by atoms with van der Waals surface area (Å²) in [5, 5.41) is 3.16. The van der Waals surface area contributed by atoms with Gasteiger partial charge in [0.05, 0.1) is 12.8 Å². The van der Waals surface area contributed by atoms with Crippen LogP contribution in [0.4, 0.5) is 10.5 Å². The van der Waals surface area contributed by atoms with Crippen LogP contribution < -0.4 is 5.32 Å². The Labute approximate surface area is 149 Å². The molecule has 2 amide bonds. The van der Waals surface area contributed by atoms with Gasteiger partial charge < -0.3 is 14.6 Å². The van der Waals surface area contributed by atoms with Gasteiger partial charge in [-0.15, -0.1) is 0 Å². The molecule has 3 rings (SSSR count). The number of carbonyl (C=O) groups is 1. The summed E-state index contributed by atoms with van der Waals surface area (Å²) in [7, 11) is 0. The normalized spacial score (nSPS) is 15.4. The summed E-state index contributed by atoms with van der Waals surface area (Å²) in [6.45, 7) is 8.26. The average Bonchev–Trinajstić information content (AvgIpc) is 3.15. The van der Waals surface area contributed by atoms with Crippen LogP contribution in [0.15, 0.2) is 41.0 Å². The van der Waals surface area contributed by atoms with Crippen LogP contribution in [-0.4, -0.2) is 42.0 Å². The molecule has 0 saturated carbocycles. The van der Waals surface area contributed by atoms with Gasteiger partial charge >= 0.3 is 6.03 Å². The molecular formula is C20H27N3O2. The number of nitrogens with one attached hydrogen (secondary N) is 1. The number of urea groups is 1. The molecule has 5 heteroatoms. The topological polar surface area (TPSA) is 48.7 Å². The number of amides is 2. The number of aryl methyl sites for hydroxylation is 2. The third-order valence-electron chi connectivity index (χ3n) is 4.85. The molecule has 1 aliphatic rings. The molecular weight excluding hydrogens is 314 g/mol. The number of piperazine rings is 1. The number of hydrogen-bond donors (Lipinski definition) is 1. The van der Waals surface area contributed by atoms with Crippen molar-refractivity contribution in [1.29, 1.82) is 0 Å². The van der Waals surface area contributed by atoms with E-state index in [0.29, 0.717) is 0 Å². The largest absolute Gasteiger partial charge is 0.468 e. The van der Waals surface area contributed by atoms with Gasteiger partial charge in [0, 0.05) is 31.9 Å². The SMILES string of the molecule is CCc1cccc(CC)c1NC(=O)N1CCN(Cc2ccco2)CC1. The Kier molecular flexibility index (Phi) is 5.76. The van der Waals surface area contributed by atoms with Crippen LogP contribution in [0.5, 0.6) is 0 Å². The number of furan rings is 1. The molecule has 1 N–H and O–H groups in total. The summed E-state index contributed by atoms with van der Waals surface area (Å²) in [4.78, 5) is 16.9. The van der Waals surface area contributed by atoms with Crippen LogP contribution in [0.25, 0.3) is 0 Å². The van der Waals surface area contributed by atoms with E-state index in [1.54, 1.807) is 6.26 Å². The Morgan fingerprint density at radius 2 is 1.72 bits per heavy atom. The van der Waals surface area contributed by atoms with Crippen molar-refractivity contribution in [2.75, 3.05) is 31.5 Å². The van der Waals surface area contributed by atoms with Crippen molar-refractivity contribution in [3.63, 3.8) is 0 Å². The fourth-order valence-corrected chi connectivity index (χ4v) is 3.32. The fourth-order valence-electron chi connectivity index (χ4n) is 3.32. The van der Waals surface area contributed by atoms with E-state index in [2.05, 4.69) is 42.3 Å². The van der Waals surface area contributed by atoms with E-state index >= 15 is 0 Å². The van der Waals surface area contributed by atoms with Crippen LogP contribution in [0.2, 0.25) is 0 Å². The monoisotopic (exact) mass is 341 g/mol. The zero-order valence-corrected chi connectivity index (χ0v) is 15.1. The Morgan fingerprint density at radius 3 is 2.28 bits per heavy atom. The summed E-state index contributed by atoms with van der Waals surface area (Å²) >= 11 is 0. The molecule has 25 heavy (non-hydrogen) atoms. The maximum atomic E-state index is 12.7. The van der Waals surface area contributed by atoms with Gasteiger partial charge in [-0.3, -0.25) is 4.90 Å². The van der Waals surface area contributed by atoms with Crippen molar-refractivity contribution >= 4 is 11.7 Å². The van der Waals surface area contributed by atoms with Crippen LogP contribution in [0.1, 0.15) is 30.7 Å². The first-order valence-electron chi connectivity index (χ1n) is 9.12. The van der Waals surface area contributed by atoms with Gasteiger partial charge in [-0.1, -0.05) is 32.0 Å². The quantitative estimate of drug-likeness (QED) is 0.901. The second-order valence-electron chi connectivity index (χ2n) is 6.43. The van der Waals surface area contributed by atoms with Gasteiger partial charge in [0.15, 0.2) is 0 Å². The molecule has 1 aliphatic heterocycles. The van der Waals surface area contributed by atoms with E-state index in [0.717, 1.165) is 57.0 Å². The highest BCUT2D eigenvalue weighted by molar-refractivity contribution is 5.91. The molecule has 1 saturated heterocycles. The van der Waals surface area contributed by atoms with Gasteiger partial charge in [-0.25, -0.2) is 4.79 Å². The van der Waals surface area contributed by atoms with Crippen molar-refractivity contribution in [2.24, 2.45) is 0 Å². The molecule has 1 aromatic carbocycles. The average molecular weight is 341 g/mol. The lowest BCUT2D eigenvalue weighted by molar-refractivity contribution is 0.137. The van der Waals surface area contributed by atoms with Gasteiger partial charge in [-0.2, -0.15) is 0 Å². The summed E-state index contributed by atoms with van der Waals surface area (Å²) < 4.78 is 5.41. The third kappa shape index (κ3) is 4.23. The number of hydrogen-bond acceptors (Lipinski definition) is 3. The third-order valence-corrected chi connectivity index (χ3v) is 4.85. The number of benzene rings is 1. The fraction of sp³-hybridized carbons (Fsp3) is 0.450. The van der Waals surface area contributed by atoms with Crippen LogP contribution in [-0.2, 0) is 19.4 Å². The predicted molar refractivity (Wildman–Crippen MR) is 99.8 cm³/mol. The Bertz CT molecular complexity index is 667. The molecule has 0 spiro atoms. The molecule has 134 valence electrons. The molecule has 1 aromatic heterocycles. The Balaban J connectivity index is 1.58. The maximum absolute atomic E-state index is 12.7. The van der Waals surface area contributed by atoms with Crippen molar-refractivity contribution in [3.05, 3.63) is 53.5 Å².